The predicted molar refractivity (Wildman–Crippen MR) is 195 cm³/mol. The SMILES string of the molecule is CN(CCCC1CCC(CCc2ccccc2)(N2CCCC2)CC1)C(=O)CC(NS(=O)(=O)c1ccc2ccccc2c1)c1ccccc1. The van der Waals surface area contributed by atoms with Crippen LogP contribution in [0.3, 0.4) is 0 Å². The molecule has 1 heterocycles. The average molecular weight is 666 g/mol. The van der Waals surface area contributed by atoms with Crippen LogP contribution in [0.1, 0.15) is 81.4 Å². The van der Waals surface area contributed by atoms with Crippen LogP contribution in [0.25, 0.3) is 10.8 Å². The van der Waals surface area contributed by atoms with E-state index in [0.717, 1.165) is 35.6 Å². The van der Waals surface area contributed by atoms with Crippen LogP contribution in [0.4, 0.5) is 0 Å². The smallest absolute Gasteiger partial charge is 0.241 e. The van der Waals surface area contributed by atoms with E-state index >= 15 is 0 Å². The molecule has 254 valence electrons. The highest BCUT2D eigenvalue weighted by Crippen LogP contribution is 2.42. The molecule has 0 aromatic heterocycles. The fourth-order valence-corrected chi connectivity index (χ4v) is 9.28. The number of benzene rings is 4. The van der Waals surface area contributed by atoms with Crippen LogP contribution in [0.2, 0.25) is 0 Å². The lowest BCUT2D eigenvalue weighted by atomic mass is 9.71. The Morgan fingerprint density at radius 3 is 2.23 bits per heavy atom. The quantitative estimate of drug-likeness (QED) is 0.148. The monoisotopic (exact) mass is 665 g/mol. The van der Waals surface area contributed by atoms with Crippen molar-refractivity contribution in [1.29, 1.82) is 0 Å². The van der Waals surface area contributed by atoms with Crippen LogP contribution in [0, 0.1) is 5.92 Å². The van der Waals surface area contributed by atoms with Crippen LogP contribution < -0.4 is 4.72 Å². The second kappa shape index (κ2) is 15.8. The van der Waals surface area contributed by atoms with Crippen LogP contribution in [-0.4, -0.2) is 56.3 Å². The Kier molecular flexibility index (Phi) is 11.3. The van der Waals surface area contributed by atoms with E-state index in [1.165, 1.54) is 63.6 Å². The van der Waals surface area contributed by atoms with Gasteiger partial charge in [0, 0.05) is 25.6 Å². The van der Waals surface area contributed by atoms with Gasteiger partial charge in [0.2, 0.25) is 15.9 Å². The third kappa shape index (κ3) is 8.55. The fraction of sp³-hybridized carbons (Fsp3) is 0.439. The van der Waals surface area contributed by atoms with Crippen LogP contribution in [0.5, 0.6) is 0 Å². The molecule has 6 rings (SSSR count). The molecule has 1 aliphatic heterocycles. The van der Waals surface area contributed by atoms with Crippen molar-refractivity contribution in [3.8, 4) is 0 Å². The second-order valence-electron chi connectivity index (χ2n) is 14.1. The van der Waals surface area contributed by atoms with E-state index in [1.807, 2.05) is 67.7 Å². The number of carbonyl (C=O) groups is 1. The van der Waals surface area contributed by atoms with Crippen molar-refractivity contribution in [2.45, 2.75) is 87.1 Å². The summed E-state index contributed by atoms with van der Waals surface area (Å²) in [6.45, 7) is 3.17. The first-order chi connectivity index (χ1) is 23.3. The molecule has 7 heteroatoms. The minimum absolute atomic E-state index is 0.0531. The average Bonchev–Trinajstić information content (AvgIpc) is 3.68. The van der Waals surface area contributed by atoms with Gasteiger partial charge in [-0.2, -0.15) is 0 Å². The van der Waals surface area contributed by atoms with Gasteiger partial charge in [-0.25, -0.2) is 13.1 Å². The third-order valence-corrected chi connectivity index (χ3v) is 12.4. The van der Waals surface area contributed by atoms with Gasteiger partial charge in [0.1, 0.15) is 0 Å². The number of sulfonamides is 1. The summed E-state index contributed by atoms with van der Waals surface area (Å²) in [6, 6.07) is 32.6. The highest BCUT2D eigenvalue weighted by molar-refractivity contribution is 7.89. The molecular formula is C41H51N3O3S. The number of likely N-dealkylation sites (tertiary alicyclic amines) is 1. The lowest BCUT2D eigenvalue weighted by Crippen LogP contribution is -2.50. The van der Waals surface area contributed by atoms with Gasteiger partial charge in [-0.3, -0.25) is 9.69 Å². The Labute approximate surface area is 287 Å². The van der Waals surface area contributed by atoms with E-state index in [1.54, 1.807) is 17.0 Å². The van der Waals surface area contributed by atoms with Crippen molar-refractivity contribution in [2.24, 2.45) is 5.92 Å². The zero-order chi connectivity index (χ0) is 33.4. The molecule has 1 unspecified atom stereocenters. The van der Waals surface area contributed by atoms with Crippen molar-refractivity contribution in [2.75, 3.05) is 26.7 Å². The number of fused-ring (bicyclic) bond motifs is 1. The number of aryl methyl sites for hydroxylation is 1. The highest BCUT2D eigenvalue weighted by atomic mass is 32.2. The third-order valence-electron chi connectivity index (χ3n) is 11.0. The van der Waals surface area contributed by atoms with Gasteiger partial charge in [0.05, 0.1) is 10.9 Å². The van der Waals surface area contributed by atoms with Gasteiger partial charge in [-0.1, -0.05) is 91.0 Å². The molecule has 48 heavy (non-hydrogen) atoms. The normalized spacial score (nSPS) is 20.9. The fourth-order valence-electron chi connectivity index (χ4n) is 8.02. The molecular weight excluding hydrogens is 615 g/mol. The number of hydrogen-bond donors (Lipinski definition) is 1. The van der Waals surface area contributed by atoms with Crippen molar-refractivity contribution in [1.82, 2.24) is 14.5 Å². The molecule has 4 aromatic carbocycles. The summed E-state index contributed by atoms with van der Waals surface area (Å²) in [7, 11) is -2.01. The van der Waals surface area contributed by atoms with Gasteiger partial charge in [0.25, 0.3) is 0 Å². The Hall–Kier alpha value is -3.52. The summed E-state index contributed by atoms with van der Waals surface area (Å²) in [5.74, 6) is 0.648. The summed E-state index contributed by atoms with van der Waals surface area (Å²) in [5.41, 5.74) is 2.56. The lowest BCUT2D eigenvalue weighted by Gasteiger charge is -2.47. The summed E-state index contributed by atoms with van der Waals surface area (Å²) in [6.07, 6.45) is 12.3. The maximum Gasteiger partial charge on any atom is 0.241 e. The molecule has 0 bridgehead atoms. The summed E-state index contributed by atoms with van der Waals surface area (Å²) >= 11 is 0. The van der Waals surface area contributed by atoms with Crippen LogP contribution in [-0.2, 0) is 21.2 Å². The molecule has 6 nitrogen and oxygen atoms in total. The maximum atomic E-state index is 13.6. The van der Waals surface area contributed by atoms with Crippen molar-refractivity contribution < 1.29 is 13.2 Å². The zero-order valence-electron chi connectivity index (χ0n) is 28.4. The molecule has 1 saturated carbocycles. The molecule has 2 aliphatic rings. The first-order valence-corrected chi connectivity index (χ1v) is 19.4. The van der Waals surface area contributed by atoms with Gasteiger partial charge < -0.3 is 4.90 Å². The molecule has 1 saturated heterocycles. The zero-order valence-corrected chi connectivity index (χ0v) is 29.2. The van der Waals surface area contributed by atoms with Crippen molar-refractivity contribution >= 4 is 26.7 Å². The van der Waals surface area contributed by atoms with Gasteiger partial charge in [0.15, 0.2) is 0 Å². The Bertz CT molecular complexity index is 1730. The first-order valence-electron chi connectivity index (χ1n) is 17.9. The minimum Gasteiger partial charge on any atom is -0.346 e. The van der Waals surface area contributed by atoms with E-state index in [9.17, 15) is 13.2 Å². The molecule has 0 spiro atoms. The summed E-state index contributed by atoms with van der Waals surface area (Å²) in [4.78, 5) is 18.3. The molecule has 4 aromatic rings. The Morgan fingerprint density at radius 2 is 1.52 bits per heavy atom. The van der Waals surface area contributed by atoms with Crippen molar-refractivity contribution in [3.05, 3.63) is 114 Å². The van der Waals surface area contributed by atoms with Gasteiger partial charge >= 0.3 is 0 Å². The largest absolute Gasteiger partial charge is 0.346 e. The van der Waals surface area contributed by atoms with E-state index in [0.29, 0.717) is 18.0 Å². The second-order valence-corrected chi connectivity index (χ2v) is 15.8. The summed E-state index contributed by atoms with van der Waals surface area (Å²) < 4.78 is 30.0. The topological polar surface area (TPSA) is 69.7 Å². The number of carbonyl (C=O) groups excluding carboxylic acids is 1. The van der Waals surface area contributed by atoms with Crippen LogP contribution in [0.15, 0.2) is 108 Å². The number of hydrogen-bond acceptors (Lipinski definition) is 4. The van der Waals surface area contributed by atoms with Crippen molar-refractivity contribution in [3.63, 3.8) is 0 Å². The van der Waals surface area contributed by atoms with E-state index in [-0.39, 0.29) is 17.2 Å². The number of nitrogens with one attached hydrogen (secondary N) is 1. The Balaban J connectivity index is 1.02. The molecule has 1 N–H and O–H groups in total. The highest BCUT2D eigenvalue weighted by Gasteiger charge is 2.40. The van der Waals surface area contributed by atoms with Crippen LogP contribution >= 0.6 is 0 Å². The molecule has 1 amide bonds. The molecule has 1 atom stereocenters. The number of amides is 1. The Morgan fingerprint density at radius 1 is 0.875 bits per heavy atom. The van der Waals surface area contributed by atoms with E-state index in [4.69, 9.17) is 0 Å². The molecule has 1 aliphatic carbocycles. The van der Waals surface area contributed by atoms with Gasteiger partial charge in [-0.15, -0.1) is 0 Å². The molecule has 2 fully saturated rings. The predicted octanol–water partition coefficient (Wildman–Crippen LogP) is 8.15. The standard InChI is InChI=1S/C41H51N3O3S/c1-43(28-12-15-34-23-26-41(27-24-34,44-29-10-11-30-44)25-22-33-13-4-2-5-14-33)40(45)32-39(36-17-6-3-7-18-36)42-48(46,47)38-21-20-35-16-8-9-19-37(35)31-38/h2-9,13-14,16-21,31,34,39,42H,10-12,15,22-30,32H2,1H3. The number of nitrogens with zero attached hydrogens (tertiary/aromatic N) is 2. The van der Waals surface area contributed by atoms with Gasteiger partial charge in [-0.05, 0) is 117 Å². The minimum atomic E-state index is -3.86. The van der Waals surface area contributed by atoms with E-state index in [2.05, 4.69) is 40.0 Å². The molecule has 0 radical (unpaired) electrons. The maximum absolute atomic E-state index is 13.6. The summed E-state index contributed by atoms with van der Waals surface area (Å²) in [5, 5.41) is 1.84. The van der Waals surface area contributed by atoms with E-state index < -0.39 is 16.1 Å². The first kappa shape index (κ1) is 34.3. The lowest BCUT2D eigenvalue weighted by molar-refractivity contribution is -0.130. The number of rotatable bonds is 14.